The van der Waals surface area contributed by atoms with Crippen LogP contribution in [-0.2, 0) is 9.53 Å². The lowest BCUT2D eigenvalue weighted by atomic mass is 9.80. The zero-order valence-electron chi connectivity index (χ0n) is 10.6. The maximum atomic E-state index is 11.8. The molecule has 1 unspecified atom stereocenters. The van der Waals surface area contributed by atoms with Gasteiger partial charge >= 0.3 is 0 Å². The van der Waals surface area contributed by atoms with Crippen LogP contribution in [0.15, 0.2) is 0 Å². The molecule has 2 nitrogen and oxygen atoms in total. The van der Waals surface area contributed by atoms with Crippen LogP contribution in [0.25, 0.3) is 0 Å². The van der Waals surface area contributed by atoms with Gasteiger partial charge in [-0.2, -0.15) is 0 Å². The van der Waals surface area contributed by atoms with Crippen molar-refractivity contribution in [2.24, 2.45) is 10.8 Å². The molecule has 0 saturated carbocycles. The Morgan fingerprint density at radius 2 is 1.57 bits per heavy atom. The van der Waals surface area contributed by atoms with Gasteiger partial charge in [-0.1, -0.05) is 41.5 Å². The predicted molar refractivity (Wildman–Crippen MR) is 59.3 cm³/mol. The Hall–Kier alpha value is -0.370. The number of ether oxygens (including phenoxy) is 1. The molecule has 0 radical (unpaired) electrons. The number of Topliss-reactive ketones (excluding diaryl/α,β-unsaturated/α-hetero) is 1. The molecule has 0 aliphatic heterocycles. The highest BCUT2D eigenvalue weighted by Crippen LogP contribution is 2.28. The van der Waals surface area contributed by atoms with Gasteiger partial charge in [0.1, 0.15) is 5.78 Å². The highest BCUT2D eigenvalue weighted by molar-refractivity contribution is 5.84. The average molecular weight is 200 g/mol. The molecule has 0 aromatic rings. The van der Waals surface area contributed by atoms with Crippen LogP contribution < -0.4 is 0 Å². The van der Waals surface area contributed by atoms with Crippen LogP contribution in [0.1, 0.15) is 48.0 Å². The summed E-state index contributed by atoms with van der Waals surface area (Å²) in [5, 5.41) is 0. The Balaban J connectivity index is 4.43. The normalized spacial score (nSPS) is 15.4. The van der Waals surface area contributed by atoms with Gasteiger partial charge in [0.2, 0.25) is 0 Å². The van der Waals surface area contributed by atoms with E-state index in [2.05, 4.69) is 20.8 Å². The van der Waals surface area contributed by atoms with Gasteiger partial charge in [-0.05, 0) is 5.41 Å². The van der Waals surface area contributed by atoms with E-state index < -0.39 is 0 Å². The summed E-state index contributed by atoms with van der Waals surface area (Å²) in [6, 6.07) is 0. The molecular formula is C12H24O2. The fourth-order valence-corrected chi connectivity index (χ4v) is 1.22. The Labute approximate surface area is 88.0 Å². The van der Waals surface area contributed by atoms with E-state index in [9.17, 15) is 4.79 Å². The maximum Gasteiger partial charge on any atom is 0.140 e. The Kier molecular flexibility index (Phi) is 4.32. The monoisotopic (exact) mass is 200 g/mol. The molecule has 2 heteroatoms. The molecular weight excluding hydrogens is 176 g/mol. The minimum atomic E-state index is -0.262. The molecule has 0 aromatic carbocycles. The summed E-state index contributed by atoms with van der Waals surface area (Å²) < 4.78 is 5.36. The lowest BCUT2D eigenvalue weighted by molar-refractivity contribution is -0.130. The summed E-state index contributed by atoms with van der Waals surface area (Å²) >= 11 is 0. The summed E-state index contributed by atoms with van der Waals surface area (Å²) in [6.07, 6.45) is 0.512. The molecule has 0 heterocycles. The van der Waals surface area contributed by atoms with Crippen LogP contribution in [0.5, 0.6) is 0 Å². The molecule has 0 N–H and O–H groups in total. The number of hydrogen-bond donors (Lipinski definition) is 0. The Morgan fingerprint density at radius 3 is 1.79 bits per heavy atom. The largest absolute Gasteiger partial charge is 0.380 e. The molecule has 0 amide bonds. The second kappa shape index (κ2) is 4.43. The first-order chi connectivity index (χ1) is 6.09. The lowest BCUT2D eigenvalue weighted by Crippen LogP contribution is -2.34. The van der Waals surface area contributed by atoms with E-state index in [1.165, 1.54) is 0 Å². The second-order valence-corrected chi connectivity index (χ2v) is 5.97. The van der Waals surface area contributed by atoms with Crippen molar-refractivity contribution in [1.82, 2.24) is 0 Å². The topological polar surface area (TPSA) is 26.3 Å². The fourth-order valence-electron chi connectivity index (χ4n) is 1.22. The van der Waals surface area contributed by atoms with Gasteiger partial charge in [-0.3, -0.25) is 4.79 Å². The van der Waals surface area contributed by atoms with Gasteiger partial charge < -0.3 is 4.74 Å². The van der Waals surface area contributed by atoms with Crippen molar-refractivity contribution in [2.75, 3.05) is 7.11 Å². The van der Waals surface area contributed by atoms with Crippen LogP contribution >= 0.6 is 0 Å². The number of hydrogen-bond acceptors (Lipinski definition) is 2. The number of methoxy groups -OCH3 is 1. The first-order valence-corrected chi connectivity index (χ1v) is 5.15. The molecule has 14 heavy (non-hydrogen) atoms. The van der Waals surface area contributed by atoms with E-state index in [0.29, 0.717) is 6.42 Å². The van der Waals surface area contributed by atoms with Crippen molar-refractivity contribution in [3.8, 4) is 0 Å². The van der Waals surface area contributed by atoms with E-state index >= 15 is 0 Å². The Morgan fingerprint density at radius 1 is 1.14 bits per heavy atom. The summed E-state index contributed by atoms with van der Waals surface area (Å²) in [6.45, 7) is 12.1. The van der Waals surface area contributed by atoms with E-state index in [1.807, 2.05) is 20.8 Å². The lowest BCUT2D eigenvalue weighted by Gasteiger charge is -2.30. The standard InChI is InChI=1S/C12H24O2/c1-11(2,3)9(13)8-10(14-7)12(4,5)6/h10H,8H2,1-7H3. The Bertz CT molecular complexity index is 193. The van der Waals surface area contributed by atoms with Gasteiger partial charge in [0.15, 0.2) is 0 Å². The molecule has 1 atom stereocenters. The minimum absolute atomic E-state index is 0.00854. The quantitative estimate of drug-likeness (QED) is 0.700. The third-order valence-corrected chi connectivity index (χ3v) is 2.46. The molecule has 0 spiro atoms. The number of carbonyl (C=O) groups excluding carboxylic acids is 1. The second-order valence-electron chi connectivity index (χ2n) is 5.97. The van der Waals surface area contributed by atoms with Crippen LogP contribution in [0.3, 0.4) is 0 Å². The van der Waals surface area contributed by atoms with Crippen molar-refractivity contribution in [3.63, 3.8) is 0 Å². The van der Waals surface area contributed by atoms with Gasteiger partial charge in [0.25, 0.3) is 0 Å². The van der Waals surface area contributed by atoms with Gasteiger partial charge in [0.05, 0.1) is 6.10 Å². The van der Waals surface area contributed by atoms with Crippen molar-refractivity contribution < 1.29 is 9.53 Å². The first kappa shape index (κ1) is 13.6. The average Bonchev–Trinajstić information content (AvgIpc) is 1.95. The number of carbonyl (C=O) groups is 1. The third-order valence-electron chi connectivity index (χ3n) is 2.46. The first-order valence-electron chi connectivity index (χ1n) is 5.15. The summed E-state index contributed by atoms with van der Waals surface area (Å²) in [5.41, 5.74) is -0.238. The van der Waals surface area contributed by atoms with Gasteiger partial charge in [-0.25, -0.2) is 0 Å². The smallest absolute Gasteiger partial charge is 0.140 e. The molecule has 0 bridgehead atoms. The molecule has 0 saturated heterocycles. The van der Waals surface area contributed by atoms with Crippen molar-refractivity contribution in [1.29, 1.82) is 0 Å². The third kappa shape index (κ3) is 4.23. The zero-order valence-corrected chi connectivity index (χ0v) is 10.6. The van der Waals surface area contributed by atoms with Crippen molar-refractivity contribution in [3.05, 3.63) is 0 Å². The summed E-state index contributed by atoms with van der Waals surface area (Å²) in [5.74, 6) is 0.263. The van der Waals surface area contributed by atoms with Crippen LogP contribution in [0, 0.1) is 10.8 Å². The maximum absolute atomic E-state index is 11.8. The molecule has 0 aromatic heterocycles. The molecule has 0 aliphatic rings. The van der Waals surface area contributed by atoms with E-state index in [1.54, 1.807) is 7.11 Å². The van der Waals surface area contributed by atoms with E-state index in [-0.39, 0.29) is 22.7 Å². The van der Waals surface area contributed by atoms with Crippen LogP contribution in [-0.4, -0.2) is 19.0 Å². The van der Waals surface area contributed by atoms with Gasteiger partial charge in [0, 0.05) is 18.9 Å². The van der Waals surface area contributed by atoms with E-state index in [0.717, 1.165) is 0 Å². The molecule has 0 rings (SSSR count). The predicted octanol–water partition coefficient (Wildman–Crippen LogP) is 3.05. The van der Waals surface area contributed by atoms with Crippen molar-refractivity contribution >= 4 is 5.78 Å². The highest BCUT2D eigenvalue weighted by Gasteiger charge is 2.31. The zero-order chi connectivity index (χ0) is 11.6. The van der Waals surface area contributed by atoms with Crippen molar-refractivity contribution in [2.45, 2.75) is 54.1 Å². The molecule has 0 aliphatic carbocycles. The fraction of sp³-hybridized carbons (Fsp3) is 0.917. The SMILES string of the molecule is COC(CC(=O)C(C)(C)C)C(C)(C)C. The highest BCUT2D eigenvalue weighted by atomic mass is 16.5. The molecule has 0 fully saturated rings. The molecule has 84 valence electrons. The van der Waals surface area contributed by atoms with Crippen LogP contribution in [0.4, 0.5) is 0 Å². The van der Waals surface area contributed by atoms with Crippen LogP contribution in [0.2, 0.25) is 0 Å². The van der Waals surface area contributed by atoms with E-state index in [4.69, 9.17) is 4.74 Å². The van der Waals surface area contributed by atoms with Gasteiger partial charge in [-0.15, -0.1) is 0 Å². The number of ketones is 1. The summed E-state index contributed by atoms with van der Waals surface area (Å²) in [4.78, 5) is 11.8. The number of rotatable bonds is 3. The summed E-state index contributed by atoms with van der Waals surface area (Å²) in [7, 11) is 1.67. The minimum Gasteiger partial charge on any atom is -0.380 e.